The number of ether oxygens (including phenoxy) is 1. The average molecular weight is 250 g/mol. The first-order valence-corrected chi connectivity index (χ1v) is 6.33. The van der Waals surface area contributed by atoms with Crippen molar-refractivity contribution in [3.63, 3.8) is 0 Å². The molecule has 0 spiro atoms. The van der Waals surface area contributed by atoms with Gasteiger partial charge in [0.15, 0.2) is 0 Å². The van der Waals surface area contributed by atoms with Crippen LogP contribution in [0.25, 0.3) is 0 Å². The topological polar surface area (TPSA) is 58.7 Å². The maximum Gasteiger partial charge on any atom is 0.138 e. The van der Waals surface area contributed by atoms with Crippen molar-refractivity contribution in [2.45, 2.75) is 39.0 Å². The molecule has 1 aromatic rings. The molecule has 4 heteroatoms. The van der Waals surface area contributed by atoms with Gasteiger partial charge in [-0.2, -0.15) is 0 Å². The first-order chi connectivity index (χ1) is 8.35. The first kappa shape index (κ1) is 13.2. The molecule has 1 aliphatic rings. The lowest BCUT2D eigenvalue weighted by molar-refractivity contribution is -0.130. The number of benzene rings is 1. The molecule has 1 aromatic carbocycles. The van der Waals surface area contributed by atoms with Crippen molar-refractivity contribution in [1.82, 2.24) is 4.90 Å². The number of nitrogens with zero attached hydrogens (tertiary/aromatic N) is 1. The summed E-state index contributed by atoms with van der Waals surface area (Å²) in [7, 11) is 0. The second kappa shape index (κ2) is 4.78. The second-order valence-electron chi connectivity index (χ2n) is 5.75. The van der Waals surface area contributed by atoms with Crippen LogP contribution in [0.15, 0.2) is 18.2 Å². The van der Waals surface area contributed by atoms with Crippen molar-refractivity contribution in [3.05, 3.63) is 23.8 Å². The number of hydrogen-bond donors (Lipinski definition) is 2. The lowest BCUT2D eigenvalue weighted by atomic mass is 10.0. The zero-order valence-corrected chi connectivity index (χ0v) is 11.3. The summed E-state index contributed by atoms with van der Waals surface area (Å²) < 4.78 is 5.88. The van der Waals surface area contributed by atoms with Crippen LogP contribution < -0.4 is 5.73 Å². The molecule has 4 nitrogen and oxygen atoms in total. The van der Waals surface area contributed by atoms with E-state index in [9.17, 15) is 5.11 Å². The van der Waals surface area contributed by atoms with E-state index in [0.29, 0.717) is 5.69 Å². The van der Waals surface area contributed by atoms with E-state index in [1.807, 2.05) is 12.1 Å². The van der Waals surface area contributed by atoms with Crippen LogP contribution in [0.2, 0.25) is 0 Å². The number of phenolic OH excluding ortho intramolecular Hbond substituents is 1. The maximum absolute atomic E-state index is 9.42. The third-order valence-corrected chi connectivity index (χ3v) is 3.14. The number of hydrogen-bond acceptors (Lipinski definition) is 4. The molecule has 0 bridgehead atoms. The Morgan fingerprint density at radius 1 is 1.50 bits per heavy atom. The molecule has 1 fully saturated rings. The second-order valence-corrected chi connectivity index (χ2v) is 5.75. The van der Waals surface area contributed by atoms with Crippen molar-refractivity contribution in [1.29, 1.82) is 0 Å². The molecule has 1 heterocycles. The standard InChI is InChI=1S/C14H22N2O2/c1-10-7-16(9-14(2,3)18-10)8-11-4-5-13(17)12(15)6-11/h4-6,10,17H,7-9,15H2,1-3H3. The van der Waals surface area contributed by atoms with Crippen LogP contribution in [0.4, 0.5) is 5.69 Å². The van der Waals surface area contributed by atoms with Gasteiger partial charge in [-0.15, -0.1) is 0 Å². The van der Waals surface area contributed by atoms with Gasteiger partial charge in [-0.05, 0) is 38.5 Å². The van der Waals surface area contributed by atoms with Gasteiger partial charge >= 0.3 is 0 Å². The molecular weight excluding hydrogens is 228 g/mol. The molecule has 1 aliphatic heterocycles. The van der Waals surface area contributed by atoms with Gasteiger partial charge in [0.05, 0.1) is 17.4 Å². The highest BCUT2D eigenvalue weighted by atomic mass is 16.5. The van der Waals surface area contributed by atoms with Crippen molar-refractivity contribution >= 4 is 5.69 Å². The Balaban J connectivity index is 2.06. The normalized spacial score (nSPS) is 24.1. The van der Waals surface area contributed by atoms with Crippen LogP contribution in [0.3, 0.4) is 0 Å². The van der Waals surface area contributed by atoms with Crippen molar-refractivity contribution in [2.75, 3.05) is 18.8 Å². The summed E-state index contributed by atoms with van der Waals surface area (Å²) in [4.78, 5) is 2.36. The minimum Gasteiger partial charge on any atom is -0.506 e. The Bertz CT molecular complexity index is 432. The highest BCUT2D eigenvalue weighted by Gasteiger charge is 2.31. The summed E-state index contributed by atoms with van der Waals surface area (Å²) in [6, 6.07) is 5.40. The summed E-state index contributed by atoms with van der Waals surface area (Å²) in [6.45, 7) is 8.98. The number of rotatable bonds is 2. The fourth-order valence-electron chi connectivity index (χ4n) is 2.67. The number of phenols is 1. The predicted octanol–water partition coefficient (Wildman–Crippen LogP) is 1.97. The predicted molar refractivity (Wildman–Crippen MR) is 72.4 cm³/mol. The van der Waals surface area contributed by atoms with Crippen LogP contribution in [0, 0.1) is 0 Å². The summed E-state index contributed by atoms with van der Waals surface area (Å²) in [5.41, 5.74) is 7.16. The minimum atomic E-state index is -0.111. The van der Waals surface area contributed by atoms with E-state index in [0.717, 1.165) is 25.2 Å². The smallest absolute Gasteiger partial charge is 0.138 e. The zero-order valence-electron chi connectivity index (χ0n) is 11.3. The van der Waals surface area contributed by atoms with Gasteiger partial charge in [0.1, 0.15) is 5.75 Å². The highest BCUT2D eigenvalue weighted by molar-refractivity contribution is 5.53. The first-order valence-electron chi connectivity index (χ1n) is 6.33. The fraction of sp³-hybridized carbons (Fsp3) is 0.571. The summed E-state index contributed by atoms with van der Waals surface area (Å²) in [5, 5.41) is 9.42. The number of morpholine rings is 1. The molecule has 0 radical (unpaired) electrons. The monoisotopic (exact) mass is 250 g/mol. The molecule has 1 atom stereocenters. The van der Waals surface area contributed by atoms with Crippen molar-refractivity contribution < 1.29 is 9.84 Å². The molecule has 2 rings (SSSR count). The maximum atomic E-state index is 9.42. The molecule has 18 heavy (non-hydrogen) atoms. The molecule has 3 N–H and O–H groups in total. The number of nitrogens with two attached hydrogens (primary N) is 1. The van der Waals surface area contributed by atoms with Crippen LogP contribution in [0.1, 0.15) is 26.3 Å². The molecule has 0 amide bonds. The molecule has 0 aliphatic carbocycles. The Labute approximate surface area is 108 Å². The number of nitrogen functional groups attached to an aromatic ring is 1. The van der Waals surface area contributed by atoms with Gasteiger partial charge in [0, 0.05) is 19.6 Å². The highest BCUT2D eigenvalue weighted by Crippen LogP contribution is 2.25. The van der Waals surface area contributed by atoms with Crippen molar-refractivity contribution in [3.8, 4) is 5.75 Å². The van der Waals surface area contributed by atoms with Gasteiger partial charge in [0.25, 0.3) is 0 Å². The van der Waals surface area contributed by atoms with Crippen LogP contribution >= 0.6 is 0 Å². The van der Waals surface area contributed by atoms with Gasteiger partial charge < -0.3 is 15.6 Å². The van der Waals surface area contributed by atoms with E-state index >= 15 is 0 Å². The van der Waals surface area contributed by atoms with E-state index in [1.165, 1.54) is 0 Å². The van der Waals surface area contributed by atoms with Gasteiger partial charge in [0.2, 0.25) is 0 Å². The minimum absolute atomic E-state index is 0.111. The largest absolute Gasteiger partial charge is 0.506 e. The lowest BCUT2D eigenvalue weighted by Gasteiger charge is -2.41. The van der Waals surface area contributed by atoms with E-state index in [4.69, 9.17) is 10.5 Å². The van der Waals surface area contributed by atoms with E-state index in [-0.39, 0.29) is 17.5 Å². The molecule has 0 aromatic heterocycles. The molecule has 1 saturated heterocycles. The summed E-state index contributed by atoms with van der Waals surface area (Å²) >= 11 is 0. The van der Waals surface area contributed by atoms with E-state index < -0.39 is 0 Å². The Morgan fingerprint density at radius 3 is 2.83 bits per heavy atom. The zero-order chi connectivity index (χ0) is 13.3. The average Bonchev–Trinajstić information content (AvgIpc) is 2.20. The Hall–Kier alpha value is -1.26. The number of aromatic hydroxyl groups is 1. The van der Waals surface area contributed by atoms with Crippen molar-refractivity contribution in [2.24, 2.45) is 0 Å². The molecule has 0 saturated carbocycles. The van der Waals surface area contributed by atoms with Gasteiger partial charge in [-0.1, -0.05) is 6.07 Å². The quantitative estimate of drug-likeness (QED) is 0.622. The Kier molecular flexibility index (Phi) is 3.50. The van der Waals surface area contributed by atoms with Crippen LogP contribution in [0.5, 0.6) is 5.75 Å². The molecule has 1 unspecified atom stereocenters. The third-order valence-electron chi connectivity index (χ3n) is 3.14. The fourth-order valence-corrected chi connectivity index (χ4v) is 2.67. The third kappa shape index (κ3) is 3.15. The summed E-state index contributed by atoms with van der Waals surface area (Å²) in [5.74, 6) is 0.148. The van der Waals surface area contributed by atoms with E-state index in [2.05, 4.69) is 25.7 Å². The molecular formula is C14H22N2O2. The molecule has 100 valence electrons. The van der Waals surface area contributed by atoms with E-state index in [1.54, 1.807) is 6.07 Å². The summed E-state index contributed by atoms with van der Waals surface area (Å²) in [6.07, 6.45) is 0.239. The van der Waals surface area contributed by atoms with Crippen LogP contribution in [-0.2, 0) is 11.3 Å². The Morgan fingerprint density at radius 2 is 2.22 bits per heavy atom. The van der Waals surface area contributed by atoms with Crippen LogP contribution in [-0.4, -0.2) is 34.8 Å². The SMILES string of the molecule is CC1CN(Cc2ccc(O)c(N)c2)CC(C)(C)O1. The van der Waals surface area contributed by atoms with Gasteiger partial charge in [-0.3, -0.25) is 4.90 Å². The van der Waals surface area contributed by atoms with Gasteiger partial charge in [-0.25, -0.2) is 0 Å². The lowest BCUT2D eigenvalue weighted by Crippen LogP contribution is -2.51. The number of anilines is 1.